The molecule has 0 N–H and O–H groups in total. The maximum atomic E-state index is 10.0. The standard InChI is InChI=1S/C8H8N2O2/c11-3-9-7-5-1-2-6(5)8(7)10-4-12/h5-8H,1-2H2. The highest BCUT2D eigenvalue weighted by molar-refractivity contribution is 5.38. The second-order valence-corrected chi connectivity index (χ2v) is 3.33. The summed E-state index contributed by atoms with van der Waals surface area (Å²) in [6.07, 6.45) is 5.26. The maximum Gasteiger partial charge on any atom is 0.235 e. The number of aliphatic imine (C=N–C) groups is 2. The molecule has 0 spiro atoms. The Hall–Kier alpha value is -1.24. The second-order valence-electron chi connectivity index (χ2n) is 3.33. The first-order valence-electron chi connectivity index (χ1n) is 4.02. The molecule has 62 valence electrons. The Bertz CT molecular complexity index is 259. The van der Waals surface area contributed by atoms with Gasteiger partial charge in [0.15, 0.2) is 0 Å². The van der Waals surface area contributed by atoms with Gasteiger partial charge in [0.25, 0.3) is 0 Å². The summed E-state index contributed by atoms with van der Waals surface area (Å²) < 4.78 is 0. The molecule has 0 aromatic heterocycles. The van der Waals surface area contributed by atoms with Crippen LogP contribution in [0.1, 0.15) is 12.8 Å². The van der Waals surface area contributed by atoms with Crippen LogP contribution in [0.4, 0.5) is 0 Å². The Balaban J connectivity index is 2.11. The first kappa shape index (κ1) is 7.41. The predicted molar refractivity (Wildman–Crippen MR) is 40.0 cm³/mol. The van der Waals surface area contributed by atoms with Gasteiger partial charge in [-0.05, 0) is 24.7 Å². The summed E-state index contributed by atoms with van der Waals surface area (Å²) in [7, 11) is 0. The summed E-state index contributed by atoms with van der Waals surface area (Å²) in [5.74, 6) is 0.960. The summed E-state index contributed by atoms with van der Waals surface area (Å²) in [5.41, 5.74) is 0. The van der Waals surface area contributed by atoms with Gasteiger partial charge in [-0.25, -0.2) is 9.59 Å². The van der Waals surface area contributed by atoms with Gasteiger partial charge < -0.3 is 0 Å². The van der Waals surface area contributed by atoms with E-state index >= 15 is 0 Å². The van der Waals surface area contributed by atoms with Gasteiger partial charge in [0.05, 0.1) is 12.1 Å². The Labute approximate surface area is 69.4 Å². The normalized spacial score (nSPS) is 42.3. The summed E-state index contributed by atoms with van der Waals surface area (Å²) in [6.45, 7) is 0. The molecular weight excluding hydrogens is 156 g/mol. The molecule has 0 saturated heterocycles. The molecule has 0 aliphatic heterocycles. The second kappa shape index (κ2) is 2.67. The van der Waals surface area contributed by atoms with Crippen molar-refractivity contribution in [2.75, 3.05) is 0 Å². The molecule has 2 rings (SSSR count). The zero-order valence-corrected chi connectivity index (χ0v) is 6.43. The Morgan fingerprint density at radius 3 is 1.58 bits per heavy atom. The van der Waals surface area contributed by atoms with Gasteiger partial charge >= 0.3 is 0 Å². The monoisotopic (exact) mass is 164 g/mol. The van der Waals surface area contributed by atoms with E-state index in [0.29, 0.717) is 11.8 Å². The van der Waals surface area contributed by atoms with Crippen LogP contribution in [0.15, 0.2) is 9.98 Å². The SMILES string of the molecule is O=C=NC1C2CCC2C1N=C=O. The lowest BCUT2D eigenvalue weighted by atomic mass is 9.53. The van der Waals surface area contributed by atoms with Gasteiger partial charge in [0.2, 0.25) is 12.2 Å². The van der Waals surface area contributed by atoms with Crippen molar-refractivity contribution in [1.82, 2.24) is 0 Å². The van der Waals surface area contributed by atoms with E-state index < -0.39 is 0 Å². The number of hydrogen-bond donors (Lipinski definition) is 0. The molecule has 0 radical (unpaired) electrons. The largest absolute Gasteiger partial charge is 0.235 e. The lowest BCUT2D eigenvalue weighted by molar-refractivity contribution is 0.000345. The Kier molecular flexibility index (Phi) is 1.65. The molecule has 0 aromatic carbocycles. The van der Waals surface area contributed by atoms with Gasteiger partial charge in [0.1, 0.15) is 0 Å². The molecule has 0 amide bonds. The van der Waals surface area contributed by atoms with Gasteiger partial charge in [-0.3, -0.25) is 0 Å². The first-order chi connectivity index (χ1) is 5.88. The van der Waals surface area contributed by atoms with Crippen LogP contribution < -0.4 is 0 Å². The van der Waals surface area contributed by atoms with Crippen LogP contribution in [0.3, 0.4) is 0 Å². The molecular formula is C8H8N2O2. The van der Waals surface area contributed by atoms with E-state index in [1.807, 2.05) is 0 Å². The quantitative estimate of drug-likeness (QED) is 0.439. The van der Waals surface area contributed by atoms with Crippen LogP contribution >= 0.6 is 0 Å². The predicted octanol–water partition coefficient (Wildman–Crippen LogP) is 0.435. The van der Waals surface area contributed by atoms with Crippen molar-refractivity contribution < 1.29 is 9.59 Å². The van der Waals surface area contributed by atoms with Crippen molar-refractivity contribution in [1.29, 1.82) is 0 Å². The minimum absolute atomic E-state index is 0.0808. The highest BCUT2D eigenvalue weighted by Crippen LogP contribution is 2.52. The van der Waals surface area contributed by atoms with Crippen LogP contribution in [0.25, 0.3) is 0 Å². The van der Waals surface area contributed by atoms with Crippen molar-refractivity contribution in [3.63, 3.8) is 0 Å². The average molecular weight is 164 g/mol. The first-order valence-corrected chi connectivity index (χ1v) is 4.02. The molecule has 4 heteroatoms. The fourth-order valence-corrected chi connectivity index (χ4v) is 2.23. The minimum atomic E-state index is -0.0808. The van der Waals surface area contributed by atoms with E-state index in [4.69, 9.17) is 0 Å². The van der Waals surface area contributed by atoms with Crippen molar-refractivity contribution in [3.05, 3.63) is 0 Å². The van der Waals surface area contributed by atoms with E-state index in [2.05, 4.69) is 9.98 Å². The molecule has 0 bridgehead atoms. The van der Waals surface area contributed by atoms with E-state index in [1.54, 1.807) is 0 Å². The molecule has 2 aliphatic carbocycles. The van der Waals surface area contributed by atoms with Gasteiger partial charge in [-0.15, -0.1) is 0 Å². The number of hydrogen-bond acceptors (Lipinski definition) is 4. The number of nitrogens with zero attached hydrogens (tertiary/aromatic N) is 2. The molecule has 2 fully saturated rings. The molecule has 2 aliphatic rings. The highest BCUT2D eigenvalue weighted by atomic mass is 16.1. The summed E-state index contributed by atoms with van der Waals surface area (Å²) in [6, 6.07) is -0.162. The van der Waals surface area contributed by atoms with E-state index in [1.165, 1.54) is 12.2 Å². The number of fused-ring (bicyclic) bond motifs is 1. The van der Waals surface area contributed by atoms with Crippen LogP contribution in [-0.4, -0.2) is 24.2 Å². The van der Waals surface area contributed by atoms with Crippen LogP contribution in [0, 0.1) is 11.8 Å². The van der Waals surface area contributed by atoms with Crippen LogP contribution in [-0.2, 0) is 9.59 Å². The van der Waals surface area contributed by atoms with Gasteiger partial charge in [0, 0.05) is 0 Å². The zero-order chi connectivity index (χ0) is 8.55. The van der Waals surface area contributed by atoms with E-state index in [-0.39, 0.29) is 12.1 Å². The maximum absolute atomic E-state index is 10.0. The molecule has 12 heavy (non-hydrogen) atoms. The van der Waals surface area contributed by atoms with Crippen molar-refractivity contribution in [2.24, 2.45) is 21.8 Å². The van der Waals surface area contributed by atoms with Crippen LogP contribution in [0.2, 0.25) is 0 Å². The summed E-state index contributed by atoms with van der Waals surface area (Å²) >= 11 is 0. The zero-order valence-electron chi connectivity index (χ0n) is 6.43. The molecule has 0 heterocycles. The third-order valence-electron chi connectivity index (χ3n) is 3.01. The summed E-state index contributed by atoms with van der Waals surface area (Å²) in [5, 5.41) is 0. The Morgan fingerprint density at radius 2 is 1.33 bits per heavy atom. The number of rotatable bonds is 2. The number of carbonyl (C=O) groups excluding carboxylic acids is 2. The van der Waals surface area contributed by atoms with Crippen LogP contribution in [0.5, 0.6) is 0 Å². The molecule has 0 aromatic rings. The topological polar surface area (TPSA) is 58.9 Å². The molecule has 4 unspecified atom stereocenters. The molecule has 4 atom stereocenters. The number of isocyanates is 2. The van der Waals surface area contributed by atoms with Crippen molar-refractivity contribution in [2.45, 2.75) is 24.9 Å². The highest BCUT2D eigenvalue weighted by Gasteiger charge is 2.56. The van der Waals surface area contributed by atoms with E-state index in [0.717, 1.165) is 12.8 Å². The van der Waals surface area contributed by atoms with E-state index in [9.17, 15) is 9.59 Å². The van der Waals surface area contributed by atoms with Crippen molar-refractivity contribution in [3.8, 4) is 0 Å². The molecule has 2 saturated carbocycles. The molecule has 4 nitrogen and oxygen atoms in total. The fourth-order valence-electron chi connectivity index (χ4n) is 2.23. The lowest BCUT2D eigenvalue weighted by Crippen LogP contribution is -2.59. The Morgan fingerprint density at radius 1 is 0.917 bits per heavy atom. The lowest BCUT2D eigenvalue weighted by Gasteiger charge is -2.54. The third kappa shape index (κ3) is 0.795. The smallest absolute Gasteiger partial charge is 0.211 e. The average Bonchev–Trinajstić information content (AvgIpc) is 2.02. The van der Waals surface area contributed by atoms with Crippen molar-refractivity contribution >= 4 is 12.2 Å². The third-order valence-corrected chi connectivity index (χ3v) is 3.01. The fraction of sp³-hybridized carbons (Fsp3) is 0.750. The minimum Gasteiger partial charge on any atom is -0.211 e. The van der Waals surface area contributed by atoms with Gasteiger partial charge in [-0.2, -0.15) is 9.98 Å². The summed E-state index contributed by atoms with van der Waals surface area (Å²) in [4.78, 5) is 27.3. The van der Waals surface area contributed by atoms with Gasteiger partial charge in [-0.1, -0.05) is 0 Å².